The highest BCUT2D eigenvalue weighted by Crippen LogP contribution is 2.29. The highest BCUT2D eigenvalue weighted by Gasteiger charge is 2.39. The van der Waals surface area contributed by atoms with Crippen molar-refractivity contribution in [1.29, 1.82) is 0 Å². The molecule has 0 spiro atoms. The Labute approximate surface area is 160 Å². The SMILES string of the molecule is CC(=O)OC1C[C@@H](n2cc(C#CCNC(=O)C(F)(F)F)c(=O)[nH]c2=O)O[C@H]1CO. The van der Waals surface area contributed by atoms with Crippen LogP contribution in [0.5, 0.6) is 0 Å². The van der Waals surface area contributed by atoms with Crippen LogP contribution in [0, 0.1) is 11.8 Å². The zero-order chi connectivity index (χ0) is 21.8. The predicted octanol–water partition coefficient (Wildman–Crippen LogP) is -1.22. The Balaban J connectivity index is 2.19. The van der Waals surface area contributed by atoms with Crippen molar-refractivity contribution in [2.45, 2.75) is 38.0 Å². The van der Waals surface area contributed by atoms with Gasteiger partial charge in [0.2, 0.25) is 0 Å². The number of ether oxygens (including phenoxy) is 2. The van der Waals surface area contributed by atoms with Crippen LogP contribution in [-0.4, -0.2) is 58.1 Å². The Morgan fingerprint density at radius 3 is 2.72 bits per heavy atom. The number of carbonyl (C=O) groups excluding carboxylic acids is 2. The Hall–Kier alpha value is -3.11. The van der Waals surface area contributed by atoms with Crippen LogP contribution in [0.2, 0.25) is 0 Å². The van der Waals surface area contributed by atoms with Crippen LogP contribution in [0.3, 0.4) is 0 Å². The third-order valence-corrected chi connectivity index (χ3v) is 3.77. The van der Waals surface area contributed by atoms with Gasteiger partial charge in [0.15, 0.2) is 0 Å². The fourth-order valence-electron chi connectivity index (χ4n) is 2.52. The molecular weight excluding hydrogens is 403 g/mol. The minimum atomic E-state index is -5.06. The quantitative estimate of drug-likeness (QED) is 0.411. The van der Waals surface area contributed by atoms with Crippen molar-refractivity contribution >= 4 is 11.9 Å². The summed E-state index contributed by atoms with van der Waals surface area (Å²) in [6.07, 6.45) is -6.75. The molecule has 3 atom stereocenters. The predicted molar refractivity (Wildman–Crippen MR) is 88.4 cm³/mol. The maximum Gasteiger partial charge on any atom is 0.471 e. The van der Waals surface area contributed by atoms with E-state index in [-0.39, 0.29) is 12.0 Å². The number of H-pyrrole nitrogens is 1. The summed E-state index contributed by atoms with van der Waals surface area (Å²) in [6.45, 7) is -0.00470. The molecule has 0 radical (unpaired) electrons. The second-order valence-corrected chi connectivity index (χ2v) is 5.89. The average Bonchev–Trinajstić information content (AvgIpc) is 3.00. The van der Waals surface area contributed by atoms with E-state index in [1.807, 2.05) is 4.98 Å². The Kier molecular flexibility index (Phi) is 6.83. The van der Waals surface area contributed by atoms with Crippen molar-refractivity contribution in [3.05, 3.63) is 32.6 Å². The van der Waals surface area contributed by atoms with Crippen LogP contribution in [-0.2, 0) is 19.1 Å². The lowest BCUT2D eigenvalue weighted by atomic mass is 10.2. The number of aliphatic hydroxyl groups is 1. The number of aliphatic hydroxyl groups excluding tert-OH is 1. The minimum absolute atomic E-state index is 0.00522. The lowest BCUT2D eigenvalue weighted by Crippen LogP contribution is -2.37. The first-order chi connectivity index (χ1) is 13.5. The van der Waals surface area contributed by atoms with Gasteiger partial charge in [0.05, 0.1) is 13.2 Å². The third-order valence-electron chi connectivity index (χ3n) is 3.77. The first kappa shape index (κ1) is 22.2. The Bertz CT molecular complexity index is 957. The zero-order valence-corrected chi connectivity index (χ0v) is 14.9. The summed E-state index contributed by atoms with van der Waals surface area (Å²) in [5.41, 5.74) is -2.03. The monoisotopic (exact) mass is 419 g/mol. The van der Waals surface area contributed by atoms with Crippen molar-refractivity contribution in [2.75, 3.05) is 13.2 Å². The molecule has 1 amide bonds. The molecule has 0 bridgehead atoms. The summed E-state index contributed by atoms with van der Waals surface area (Å²) in [6, 6.07) is 0. The zero-order valence-electron chi connectivity index (χ0n) is 14.9. The Morgan fingerprint density at radius 1 is 1.45 bits per heavy atom. The molecule has 1 aromatic heterocycles. The van der Waals surface area contributed by atoms with Gasteiger partial charge >= 0.3 is 23.7 Å². The van der Waals surface area contributed by atoms with Crippen LogP contribution >= 0.6 is 0 Å². The first-order valence-electron chi connectivity index (χ1n) is 8.15. The number of aromatic nitrogens is 2. The van der Waals surface area contributed by atoms with E-state index >= 15 is 0 Å². The smallest absolute Gasteiger partial charge is 0.460 e. The van der Waals surface area contributed by atoms with Crippen LogP contribution in [0.4, 0.5) is 13.2 Å². The van der Waals surface area contributed by atoms with Crippen molar-refractivity contribution in [3.63, 3.8) is 0 Å². The van der Waals surface area contributed by atoms with Crippen LogP contribution in [0.15, 0.2) is 15.8 Å². The number of halogens is 3. The highest BCUT2D eigenvalue weighted by atomic mass is 19.4. The summed E-state index contributed by atoms with van der Waals surface area (Å²) in [7, 11) is 0. The largest absolute Gasteiger partial charge is 0.471 e. The number of carbonyl (C=O) groups is 2. The number of esters is 1. The fraction of sp³-hybridized carbons (Fsp3) is 0.500. The molecule has 29 heavy (non-hydrogen) atoms. The molecular formula is C16H16F3N3O7. The van der Waals surface area contributed by atoms with Gasteiger partial charge in [-0.1, -0.05) is 11.8 Å². The summed E-state index contributed by atoms with van der Waals surface area (Å²) >= 11 is 0. The molecule has 1 aromatic rings. The van der Waals surface area contributed by atoms with E-state index in [4.69, 9.17) is 9.47 Å². The molecule has 2 rings (SSSR count). The molecule has 3 N–H and O–H groups in total. The standard InChI is InChI=1S/C16H16F3N3O7/c1-8(24)28-10-5-12(29-11(10)7-23)22-6-9(13(25)21-15(22)27)3-2-4-20-14(26)16(17,18)19/h6,10-12,23H,4-5,7H2,1H3,(H,20,26)(H,21,25,27)/t10?,11-,12-/m0/s1. The number of aromatic amines is 1. The number of nitrogens with zero attached hydrogens (tertiary/aromatic N) is 1. The van der Waals surface area contributed by atoms with Gasteiger partial charge in [-0.15, -0.1) is 0 Å². The van der Waals surface area contributed by atoms with Crippen LogP contribution < -0.4 is 16.6 Å². The van der Waals surface area contributed by atoms with Crippen LogP contribution in [0.25, 0.3) is 0 Å². The maximum absolute atomic E-state index is 12.1. The maximum atomic E-state index is 12.1. The van der Waals surface area contributed by atoms with Gasteiger partial charge < -0.3 is 19.9 Å². The van der Waals surface area contributed by atoms with Crippen molar-refractivity contribution in [2.24, 2.45) is 0 Å². The van der Waals surface area contributed by atoms with E-state index in [1.165, 1.54) is 12.2 Å². The van der Waals surface area contributed by atoms with Gasteiger partial charge in [0.25, 0.3) is 5.56 Å². The molecule has 13 heteroatoms. The normalized spacial score (nSPS) is 21.2. The van der Waals surface area contributed by atoms with E-state index in [0.29, 0.717) is 0 Å². The molecule has 0 saturated carbocycles. The van der Waals surface area contributed by atoms with E-state index in [0.717, 1.165) is 10.8 Å². The van der Waals surface area contributed by atoms with E-state index in [2.05, 4.69) is 11.8 Å². The van der Waals surface area contributed by atoms with E-state index in [9.17, 15) is 37.5 Å². The first-order valence-corrected chi connectivity index (χ1v) is 8.15. The lowest BCUT2D eigenvalue weighted by molar-refractivity contribution is -0.173. The molecule has 0 aromatic carbocycles. The van der Waals surface area contributed by atoms with Crippen LogP contribution in [0.1, 0.15) is 25.1 Å². The van der Waals surface area contributed by atoms with Crippen molar-refractivity contribution in [3.8, 4) is 11.8 Å². The van der Waals surface area contributed by atoms with Crippen molar-refractivity contribution in [1.82, 2.24) is 14.9 Å². The van der Waals surface area contributed by atoms with E-state index < -0.39 is 60.9 Å². The fourth-order valence-corrected chi connectivity index (χ4v) is 2.52. The summed E-state index contributed by atoms with van der Waals surface area (Å²) in [5.74, 6) is 1.63. The highest BCUT2D eigenvalue weighted by molar-refractivity contribution is 5.81. The molecule has 2 heterocycles. The van der Waals surface area contributed by atoms with Gasteiger partial charge in [-0.3, -0.25) is 23.9 Å². The molecule has 0 aliphatic carbocycles. The second-order valence-electron chi connectivity index (χ2n) is 5.89. The minimum Gasteiger partial charge on any atom is -0.460 e. The number of alkyl halides is 3. The van der Waals surface area contributed by atoms with Crippen molar-refractivity contribution < 1.29 is 37.3 Å². The van der Waals surface area contributed by atoms with Gasteiger partial charge in [-0.25, -0.2) is 4.79 Å². The molecule has 10 nitrogen and oxygen atoms in total. The molecule has 1 aliphatic rings. The molecule has 1 saturated heterocycles. The second kappa shape index (κ2) is 8.93. The third kappa shape index (κ3) is 5.69. The van der Waals surface area contributed by atoms with Gasteiger partial charge in [-0.05, 0) is 0 Å². The Morgan fingerprint density at radius 2 is 2.14 bits per heavy atom. The molecule has 158 valence electrons. The van der Waals surface area contributed by atoms with Gasteiger partial charge in [0.1, 0.15) is 24.0 Å². The number of hydrogen-bond acceptors (Lipinski definition) is 7. The van der Waals surface area contributed by atoms with Gasteiger partial charge in [-0.2, -0.15) is 13.2 Å². The number of nitrogens with one attached hydrogen (secondary N) is 2. The molecule has 1 aliphatic heterocycles. The topological polar surface area (TPSA) is 140 Å². The summed E-state index contributed by atoms with van der Waals surface area (Å²) in [5, 5.41) is 10.8. The van der Waals surface area contributed by atoms with Gasteiger partial charge in [0, 0.05) is 19.5 Å². The lowest BCUT2D eigenvalue weighted by Gasteiger charge is -2.15. The van der Waals surface area contributed by atoms with E-state index in [1.54, 1.807) is 0 Å². The summed E-state index contributed by atoms with van der Waals surface area (Å²) < 4.78 is 47.7. The number of hydrogen-bond donors (Lipinski definition) is 3. The number of rotatable bonds is 4. The number of amides is 1. The molecule has 1 fully saturated rings. The molecule has 1 unspecified atom stereocenters. The average molecular weight is 419 g/mol. The summed E-state index contributed by atoms with van der Waals surface area (Å²) in [4.78, 5) is 47.7.